The summed E-state index contributed by atoms with van der Waals surface area (Å²) in [6, 6.07) is 0. The maximum absolute atomic E-state index is 5.58. The van der Waals surface area contributed by atoms with Crippen molar-refractivity contribution < 1.29 is 0 Å². The van der Waals surface area contributed by atoms with Crippen LogP contribution < -0.4 is 5.73 Å². The Labute approximate surface area is 95.6 Å². The number of nitrogens with two attached hydrogens (primary N) is 1. The molecule has 1 rings (SSSR count). The van der Waals surface area contributed by atoms with Gasteiger partial charge in [0.05, 0.1) is 5.69 Å². The third kappa shape index (κ3) is 4.44. The Hall–Kier alpha value is -0.870. The number of anilines is 1. The molecule has 1 aromatic heterocycles. The highest BCUT2D eigenvalue weighted by Gasteiger charge is 2.04. The molecule has 0 saturated heterocycles. The standard InChI is InChI=1S/C11H19N3S/c1-4-14(7-9(2)3)6-5-10-8-15-11(12)13-10/h8H,2,4-7H2,1,3H3,(H2,12,13). The van der Waals surface area contributed by atoms with Crippen molar-refractivity contribution in [2.24, 2.45) is 0 Å². The maximum Gasteiger partial charge on any atom is 0.180 e. The first-order chi connectivity index (χ1) is 7.11. The Kier molecular flexibility index (Phi) is 4.78. The zero-order valence-corrected chi connectivity index (χ0v) is 10.3. The van der Waals surface area contributed by atoms with Crippen molar-refractivity contribution >= 4 is 16.5 Å². The fraction of sp³-hybridized carbons (Fsp3) is 0.545. The molecular formula is C11H19N3S. The molecule has 0 aliphatic carbocycles. The molecule has 0 bridgehead atoms. The molecule has 1 heterocycles. The fourth-order valence-electron chi connectivity index (χ4n) is 1.44. The summed E-state index contributed by atoms with van der Waals surface area (Å²) in [6.07, 6.45) is 0.967. The van der Waals surface area contributed by atoms with Gasteiger partial charge in [-0.3, -0.25) is 4.90 Å². The van der Waals surface area contributed by atoms with Crippen LogP contribution in [-0.2, 0) is 6.42 Å². The molecule has 0 aliphatic rings. The van der Waals surface area contributed by atoms with E-state index < -0.39 is 0 Å². The molecule has 0 atom stereocenters. The van der Waals surface area contributed by atoms with E-state index in [2.05, 4.69) is 30.3 Å². The second-order valence-electron chi connectivity index (χ2n) is 3.75. The number of aromatic nitrogens is 1. The molecule has 0 aliphatic heterocycles. The number of nitrogens with zero attached hydrogens (tertiary/aromatic N) is 2. The Balaban J connectivity index is 2.37. The molecule has 0 fully saturated rings. The molecule has 0 saturated carbocycles. The van der Waals surface area contributed by atoms with Crippen molar-refractivity contribution in [1.29, 1.82) is 0 Å². The third-order valence-corrected chi connectivity index (χ3v) is 2.92. The van der Waals surface area contributed by atoms with E-state index in [0.29, 0.717) is 5.13 Å². The summed E-state index contributed by atoms with van der Waals surface area (Å²) < 4.78 is 0. The lowest BCUT2D eigenvalue weighted by molar-refractivity contribution is 0.316. The molecule has 0 aromatic carbocycles. The summed E-state index contributed by atoms with van der Waals surface area (Å²) in [6.45, 7) is 11.2. The van der Waals surface area contributed by atoms with E-state index in [4.69, 9.17) is 5.73 Å². The highest BCUT2D eigenvalue weighted by molar-refractivity contribution is 7.13. The topological polar surface area (TPSA) is 42.1 Å². The summed E-state index contributed by atoms with van der Waals surface area (Å²) in [4.78, 5) is 6.60. The van der Waals surface area contributed by atoms with E-state index >= 15 is 0 Å². The van der Waals surface area contributed by atoms with Gasteiger partial charge in [-0.15, -0.1) is 11.3 Å². The van der Waals surface area contributed by atoms with Gasteiger partial charge in [-0.1, -0.05) is 19.1 Å². The summed E-state index contributed by atoms with van der Waals surface area (Å²) in [5, 5.41) is 2.69. The number of likely N-dealkylation sites (N-methyl/N-ethyl adjacent to an activating group) is 1. The van der Waals surface area contributed by atoms with Crippen LogP contribution in [0.25, 0.3) is 0 Å². The van der Waals surface area contributed by atoms with Crippen LogP contribution in [0.2, 0.25) is 0 Å². The first kappa shape index (κ1) is 12.2. The predicted molar refractivity (Wildman–Crippen MR) is 67.2 cm³/mol. The van der Waals surface area contributed by atoms with Gasteiger partial charge in [0.25, 0.3) is 0 Å². The average Bonchev–Trinajstić information content (AvgIpc) is 2.58. The second-order valence-corrected chi connectivity index (χ2v) is 4.64. The molecule has 0 amide bonds. The van der Waals surface area contributed by atoms with Crippen molar-refractivity contribution in [3.63, 3.8) is 0 Å². The highest BCUT2D eigenvalue weighted by atomic mass is 32.1. The van der Waals surface area contributed by atoms with Gasteiger partial charge in [0.1, 0.15) is 0 Å². The van der Waals surface area contributed by atoms with Crippen molar-refractivity contribution in [3.8, 4) is 0 Å². The summed E-state index contributed by atoms with van der Waals surface area (Å²) in [7, 11) is 0. The quantitative estimate of drug-likeness (QED) is 0.754. The second kappa shape index (κ2) is 5.88. The first-order valence-corrected chi connectivity index (χ1v) is 6.06. The number of hydrogen-bond donors (Lipinski definition) is 1. The normalized spacial score (nSPS) is 10.9. The van der Waals surface area contributed by atoms with Crippen molar-refractivity contribution in [2.45, 2.75) is 20.3 Å². The SMILES string of the molecule is C=C(C)CN(CC)CCc1csc(N)n1. The molecule has 84 valence electrons. The Morgan fingerprint density at radius 2 is 2.40 bits per heavy atom. The van der Waals surface area contributed by atoms with E-state index in [1.807, 2.05) is 5.38 Å². The first-order valence-electron chi connectivity index (χ1n) is 5.18. The van der Waals surface area contributed by atoms with Crippen LogP contribution in [0, 0.1) is 0 Å². The van der Waals surface area contributed by atoms with Gasteiger partial charge in [0.15, 0.2) is 5.13 Å². The van der Waals surface area contributed by atoms with Crippen LogP contribution in [-0.4, -0.2) is 29.5 Å². The Morgan fingerprint density at radius 1 is 1.67 bits per heavy atom. The number of thiazole rings is 1. The molecule has 2 N–H and O–H groups in total. The third-order valence-electron chi connectivity index (χ3n) is 2.19. The lowest BCUT2D eigenvalue weighted by atomic mass is 10.2. The van der Waals surface area contributed by atoms with Gasteiger partial charge in [0, 0.05) is 24.9 Å². The minimum Gasteiger partial charge on any atom is -0.375 e. The van der Waals surface area contributed by atoms with Gasteiger partial charge in [-0.25, -0.2) is 4.98 Å². The average molecular weight is 225 g/mol. The molecule has 3 nitrogen and oxygen atoms in total. The molecule has 15 heavy (non-hydrogen) atoms. The van der Waals surface area contributed by atoms with Gasteiger partial charge in [0.2, 0.25) is 0 Å². The molecule has 4 heteroatoms. The zero-order chi connectivity index (χ0) is 11.3. The summed E-state index contributed by atoms with van der Waals surface area (Å²) >= 11 is 1.51. The van der Waals surface area contributed by atoms with Crippen molar-refractivity contribution in [1.82, 2.24) is 9.88 Å². The minimum absolute atomic E-state index is 0.660. The van der Waals surface area contributed by atoms with E-state index in [-0.39, 0.29) is 0 Å². The molecule has 0 unspecified atom stereocenters. The van der Waals surface area contributed by atoms with Gasteiger partial charge < -0.3 is 5.73 Å². The summed E-state index contributed by atoms with van der Waals surface area (Å²) in [5.74, 6) is 0. The van der Waals surface area contributed by atoms with Gasteiger partial charge in [-0.05, 0) is 13.5 Å². The molecule has 0 spiro atoms. The monoisotopic (exact) mass is 225 g/mol. The van der Waals surface area contributed by atoms with E-state index in [1.54, 1.807) is 0 Å². The Bertz CT molecular complexity index is 319. The lowest BCUT2D eigenvalue weighted by Gasteiger charge is -2.19. The van der Waals surface area contributed by atoms with Crippen LogP contribution in [0.15, 0.2) is 17.5 Å². The largest absolute Gasteiger partial charge is 0.375 e. The van der Waals surface area contributed by atoms with Gasteiger partial charge >= 0.3 is 0 Å². The lowest BCUT2D eigenvalue weighted by Crippen LogP contribution is -2.27. The van der Waals surface area contributed by atoms with Crippen LogP contribution in [0.1, 0.15) is 19.5 Å². The van der Waals surface area contributed by atoms with E-state index in [1.165, 1.54) is 16.9 Å². The maximum atomic E-state index is 5.58. The minimum atomic E-state index is 0.660. The predicted octanol–water partition coefficient (Wildman–Crippen LogP) is 2.17. The van der Waals surface area contributed by atoms with E-state index in [9.17, 15) is 0 Å². The van der Waals surface area contributed by atoms with Crippen LogP contribution in [0.5, 0.6) is 0 Å². The number of hydrogen-bond acceptors (Lipinski definition) is 4. The van der Waals surface area contributed by atoms with Crippen molar-refractivity contribution in [3.05, 3.63) is 23.2 Å². The number of nitrogen functional groups attached to an aromatic ring is 1. The van der Waals surface area contributed by atoms with Crippen LogP contribution in [0.3, 0.4) is 0 Å². The molecule has 1 aromatic rings. The van der Waals surface area contributed by atoms with Crippen LogP contribution >= 0.6 is 11.3 Å². The molecular weight excluding hydrogens is 206 g/mol. The number of rotatable bonds is 6. The van der Waals surface area contributed by atoms with Gasteiger partial charge in [-0.2, -0.15) is 0 Å². The molecule has 0 radical (unpaired) electrons. The van der Waals surface area contributed by atoms with Crippen LogP contribution in [0.4, 0.5) is 5.13 Å². The zero-order valence-electron chi connectivity index (χ0n) is 9.49. The van der Waals surface area contributed by atoms with E-state index in [0.717, 1.165) is 31.7 Å². The summed E-state index contributed by atoms with van der Waals surface area (Å²) in [5.41, 5.74) is 7.88. The fourth-order valence-corrected chi connectivity index (χ4v) is 2.04. The Morgan fingerprint density at radius 3 is 2.87 bits per heavy atom. The smallest absolute Gasteiger partial charge is 0.180 e. The highest BCUT2D eigenvalue weighted by Crippen LogP contribution is 2.11. The van der Waals surface area contributed by atoms with Crippen molar-refractivity contribution in [2.75, 3.05) is 25.4 Å².